The van der Waals surface area contributed by atoms with Crippen molar-refractivity contribution in [2.75, 3.05) is 13.7 Å². The zero-order chi connectivity index (χ0) is 17.9. The Kier molecular flexibility index (Phi) is 5.16. The van der Waals surface area contributed by atoms with Gasteiger partial charge in [-0.3, -0.25) is 9.48 Å². The average Bonchev–Trinajstić information content (AvgIpc) is 2.84. The van der Waals surface area contributed by atoms with Crippen LogP contribution >= 0.6 is 0 Å². The van der Waals surface area contributed by atoms with Gasteiger partial charge in [0.15, 0.2) is 6.61 Å². The van der Waals surface area contributed by atoms with Crippen LogP contribution < -0.4 is 4.74 Å². The Bertz CT molecular complexity index is 726. The van der Waals surface area contributed by atoms with E-state index in [0.29, 0.717) is 6.54 Å². The van der Waals surface area contributed by atoms with E-state index in [1.165, 1.54) is 29.2 Å². The maximum Gasteiger partial charge on any atom is 0.422 e. The van der Waals surface area contributed by atoms with Gasteiger partial charge in [0.05, 0.1) is 6.20 Å². The Morgan fingerprint density at radius 3 is 2.67 bits per heavy atom. The summed E-state index contributed by atoms with van der Waals surface area (Å²) in [6.07, 6.45) is -2.74. The highest BCUT2D eigenvalue weighted by Crippen LogP contribution is 2.20. The number of aromatic nitrogens is 2. The molecule has 1 aromatic carbocycles. The molecule has 2 rings (SSSR count). The van der Waals surface area contributed by atoms with Gasteiger partial charge in [0, 0.05) is 37.5 Å². The molecular weight excluding hydrogens is 323 g/mol. The average molecular weight is 341 g/mol. The first-order valence-electron chi connectivity index (χ1n) is 7.20. The molecule has 1 aromatic heterocycles. The third-order valence-corrected chi connectivity index (χ3v) is 3.57. The quantitative estimate of drug-likeness (QED) is 0.840. The molecule has 0 radical (unpaired) electrons. The molecule has 1 heterocycles. The van der Waals surface area contributed by atoms with Gasteiger partial charge in [0.25, 0.3) is 5.91 Å². The van der Waals surface area contributed by atoms with Crippen LogP contribution in [0.3, 0.4) is 0 Å². The van der Waals surface area contributed by atoms with Gasteiger partial charge in [-0.25, -0.2) is 0 Å². The molecule has 0 bridgehead atoms. The number of ether oxygens (including phenoxy) is 1. The molecule has 8 heteroatoms. The summed E-state index contributed by atoms with van der Waals surface area (Å²) in [5.74, 6) is -0.306. The van der Waals surface area contributed by atoms with E-state index in [4.69, 9.17) is 0 Å². The van der Waals surface area contributed by atoms with Gasteiger partial charge < -0.3 is 9.64 Å². The van der Waals surface area contributed by atoms with Gasteiger partial charge in [-0.2, -0.15) is 18.3 Å². The van der Waals surface area contributed by atoms with E-state index in [-0.39, 0.29) is 17.2 Å². The highest BCUT2D eigenvalue weighted by Gasteiger charge is 2.28. The Morgan fingerprint density at radius 2 is 2.08 bits per heavy atom. The lowest BCUT2D eigenvalue weighted by atomic mass is 10.1. The second kappa shape index (κ2) is 6.94. The van der Waals surface area contributed by atoms with Crippen molar-refractivity contribution >= 4 is 5.91 Å². The van der Waals surface area contributed by atoms with Crippen LogP contribution in [0.15, 0.2) is 30.5 Å². The number of halogens is 3. The molecule has 0 N–H and O–H groups in total. The number of nitrogens with zero attached hydrogens (tertiary/aromatic N) is 3. The Morgan fingerprint density at radius 1 is 1.38 bits per heavy atom. The summed E-state index contributed by atoms with van der Waals surface area (Å²) in [7, 11) is 3.43. The zero-order valence-electron chi connectivity index (χ0n) is 13.6. The standard InChI is InChI=1S/C16H18F3N3O2/c1-11-13(8-20-22(11)3)9-21(2)15(23)12-5-4-6-14(7-12)24-10-16(17,18)19/h4-8H,9-10H2,1-3H3. The van der Waals surface area contributed by atoms with Crippen LogP contribution in [-0.4, -0.2) is 40.4 Å². The fourth-order valence-corrected chi connectivity index (χ4v) is 2.13. The van der Waals surface area contributed by atoms with Crippen molar-refractivity contribution in [3.8, 4) is 5.75 Å². The van der Waals surface area contributed by atoms with E-state index >= 15 is 0 Å². The lowest BCUT2D eigenvalue weighted by Crippen LogP contribution is -2.26. The molecular formula is C16H18F3N3O2. The van der Waals surface area contributed by atoms with Crippen LogP contribution in [-0.2, 0) is 13.6 Å². The molecule has 0 aliphatic rings. The summed E-state index contributed by atoms with van der Waals surface area (Å²) >= 11 is 0. The molecule has 24 heavy (non-hydrogen) atoms. The first-order valence-corrected chi connectivity index (χ1v) is 7.20. The lowest BCUT2D eigenvalue weighted by Gasteiger charge is -2.17. The van der Waals surface area contributed by atoms with Gasteiger partial charge in [0.2, 0.25) is 0 Å². The maximum absolute atomic E-state index is 12.4. The van der Waals surface area contributed by atoms with Crippen molar-refractivity contribution in [2.24, 2.45) is 7.05 Å². The summed E-state index contributed by atoms with van der Waals surface area (Å²) in [4.78, 5) is 13.9. The predicted octanol–water partition coefficient (Wildman–Crippen LogP) is 2.94. The second-order valence-electron chi connectivity index (χ2n) is 5.47. The van der Waals surface area contributed by atoms with Gasteiger partial charge in [-0.1, -0.05) is 6.07 Å². The number of hydrogen-bond donors (Lipinski definition) is 0. The van der Waals surface area contributed by atoms with E-state index < -0.39 is 12.8 Å². The number of rotatable bonds is 5. The summed E-state index contributed by atoms with van der Waals surface area (Å²) in [6, 6.07) is 5.71. The van der Waals surface area contributed by atoms with Crippen molar-refractivity contribution in [3.63, 3.8) is 0 Å². The van der Waals surface area contributed by atoms with Crippen LogP contribution in [0.25, 0.3) is 0 Å². The van der Waals surface area contributed by atoms with Crippen molar-refractivity contribution < 1.29 is 22.7 Å². The van der Waals surface area contributed by atoms with E-state index in [9.17, 15) is 18.0 Å². The number of carbonyl (C=O) groups excluding carboxylic acids is 1. The largest absolute Gasteiger partial charge is 0.484 e. The van der Waals surface area contributed by atoms with E-state index in [1.54, 1.807) is 17.9 Å². The zero-order valence-corrected chi connectivity index (χ0v) is 13.6. The number of alkyl halides is 3. The first kappa shape index (κ1) is 17.8. The van der Waals surface area contributed by atoms with Crippen molar-refractivity contribution in [3.05, 3.63) is 47.3 Å². The van der Waals surface area contributed by atoms with Gasteiger partial charge in [-0.15, -0.1) is 0 Å². The molecule has 0 aliphatic heterocycles. The van der Waals surface area contributed by atoms with E-state index in [1.807, 2.05) is 14.0 Å². The molecule has 130 valence electrons. The molecule has 0 saturated carbocycles. The van der Waals surface area contributed by atoms with Crippen LogP contribution in [0.2, 0.25) is 0 Å². The Labute approximate surface area is 137 Å². The van der Waals surface area contributed by atoms with Gasteiger partial charge in [-0.05, 0) is 25.1 Å². The SMILES string of the molecule is Cc1c(CN(C)C(=O)c2cccc(OCC(F)(F)F)c2)cnn1C. The highest BCUT2D eigenvalue weighted by atomic mass is 19.4. The van der Waals surface area contributed by atoms with Crippen LogP contribution in [0, 0.1) is 6.92 Å². The minimum Gasteiger partial charge on any atom is -0.484 e. The number of benzene rings is 1. The molecule has 1 amide bonds. The van der Waals surface area contributed by atoms with Crippen molar-refractivity contribution in [1.29, 1.82) is 0 Å². The number of carbonyl (C=O) groups is 1. The first-order chi connectivity index (χ1) is 11.2. The lowest BCUT2D eigenvalue weighted by molar-refractivity contribution is -0.153. The summed E-state index contributed by atoms with van der Waals surface area (Å²) in [5, 5.41) is 4.11. The predicted molar refractivity (Wildman–Crippen MR) is 81.7 cm³/mol. The fourth-order valence-electron chi connectivity index (χ4n) is 2.13. The molecule has 0 atom stereocenters. The normalized spacial score (nSPS) is 11.4. The number of aryl methyl sites for hydroxylation is 1. The fraction of sp³-hybridized carbons (Fsp3) is 0.375. The molecule has 5 nitrogen and oxygen atoms in total. The summed E-state index contributed by atoms with van der Waals surface area (Å²) in [6.45, 7) is 0.855. The monoisotopic (exact) mass is 341 g/mol. The molecule has 0 aliphatic carbocycles. The van der Waals surface area contributed by atoms with Crippen LogP contribution in [0.5, 0.6) is 5.75 Å². The molecule has 2 aromatic rings. The summed E-state index contributed by atoms with van der Waals surface area (Å²) in [5.41, 5.74) is 2.11. The van der Waals surface area contributed by atoms with E-state index in [0.717, 1.165) is 11.3 Å². The number of amides is 1. The molecule has 0 fully saturated rings. The third-order valence-electron chi connectivity index (χ3n) is 3.57. The van der Waals surface area contributed by atoms with Crippen LogP contribution in [0.1, 0.15) is 21.6 Å². The van der Waals surface area contributed by atoms with Gasteiger partial charge >= 0.3 is 6.18 Å². The highest BCUT2D eigenvalue weighted by molar-refractivity contribution is 5.94. The number of hydrogen-bond acceptors (Lipinski definition) is 3. The second-order valence-corrected chi connectivity index (χ2v) is 5.47. The minimum absolute atomic E-state index is 0.00383. The van der Waals surface area contributed by atoms with Crippen LogP contribution in [0.4, 0.5) is 13.2 Å². The molecule has 0 unspecified atom stereocenters. The maximum atomic E-state index is 12.4. The Balaban J connectivity index is 2.07. The molecule has 0 spiro atoms. The van der Waals surface area contributed by atoms with Gasteiger partial charge in [0.1, 0.15) is 5.75 Å². The minimum atomic E-state index is -4.42. The Hall–Kier alpha value is -2.51. The summed E-state index contributed by atoms with van der Waals surface area (Å²) < 4.78 is 43.0. The topological polar surface area (TPSA) is 47.4 Å². The van der Waals surface area contributed by atoms with E-state index in [2.05, 4.69) is 9.84 Å². The third kappa shape index (κ3) is 4.50. The van der Waals surface area contributed by atoms with Crippen molar-refractivity contribution in [1.82, 2.24) is 14.7 Å². The van der Waals surface area contributed by atoms with Crippen molar-refractivity contribution in [2.45, 2.75) is 19.6 Å². The molecule has 0 saturated heterocycles. The smallest absolute Gasteiger partial charge is 0.422 e.